The Hall–Kier alpha value is -3.40. The Bertz CT molecular complexity index is 1040. The highest BCUT2D eigenvalue weighted by Crippen LogP contribution is 2.35. The number of hydrogen-bond acceptors (Lipinski definition) is 2. The summed E-state index contributed by atoms with van der Waals surface area (Å²) in [6.45, 7) is 6.31. The van der Waals surface area contributed by atoms with E-state index in [1.54, 1.807) is 9.80 Å². The fraction of sp³-hybridized carbons (Fsp3) is 0.231. The van der Waals surface area contributed by atoms with E-state index in [2.05, 4.69) is 13.8 Å². The second-order valence-corrected chi connectivity index (χ2v) is 8.08. The fourth-order valence-electron chi connectivity index (χ4n) is 3.87. The van der Waals surface area contributed by atoms with Crippen molar-refractivity contribution in [2.75, 3.05) is 16.3 Å². The molecule has 0 saturated carbocycles. The van der Waals surface area contributed by atoms with Gasteiger partial charge >= 0.3 is 0 Å². The van der Waals surface area contributed by atoms with Crippen LogP contribution in [0.3, 0.4) is 0 Å². The van der Waals surface area contributed by atoms with Gasteiger partial charge in [-0.3, -0.25) is 14.5 Å². The molecule has 0 bridgehead atoms. The van der Waals surface area contributed by atoms with E-state index in [0.29, 0.717) is 5.92 Å². The summed E-state index contributed by atoms with van der Waals surface area (Å²) in [5.74, 6) is 0.205. The molecule has 152 valence electrons. The number of hydrogen-bond donors (Lipinski definition) is 0. The molecule has 3 aromatic carbocycles. The highest BCUT2D eigenvalue weighted by molar-refractivity contribution is 6.14. The summed E-state index contributed by atoms with van der Waals surface area (Å²) >= 11 is 0. The number of nitrogens with zero attached hydrogens (tertiary/aromatic N) is 2. The Kier molecular flexibility index (Phi) is 5.40. The van der Waals surface area contributed by atoms with Crippen molar-refractivity contribution < 1.29 is 9.59 Å². The van der Waals surface area contributed by atoms with Gasteiger partial charge in [0.15, 0.2) is 0 Å². The monoisotopic (exact) mass is 398 g/mol. The molecule has 0 aromatic heterocycles. The number of para-hydroxylation sites is 1. The number of aryl methyl sites for hydroxylation is 1. The summed E-state index contributed by atoms with van der Waals surface area (Å²) in [6.07, 6.45) is 0. The Balaban J connectivity index is 1.79. The average Bonchev–Trinajstić information content (AvgIpc) is 2.76. The zero-order valence-electron chi connectivity index (χ0n) is 17.6. The van der Waals surface area contributed by atoms with Crippen LogP contribution in [0.25, 0.3) is 0 Å². The van der Waals surface area contributed by atoms with Gasteiger partial charge in [0.25, 0.3) is 5.91 Å². The summed E-state index contributed by atoms with van der Waals surface area (Å²) in [7, 11) is 0. The van der Waals surface area contributed by atoms with Crippen LogP contribution in [0.4, 0.5) is 11.4 Å². The molecule has 0 spiro atoms. The van der Waals surface area contributed by atoms with Crippen molar-refractivity contribution in [2.45, 2.75) is 32.7 Å². The molecule has 2 amide bonds. The quantitative estimate of drug-likeness (QED) is 0.603. The largest absolute Gasteiger partial charge is 0.301 e. The zero-order valence-corrected chi connectivity index (χ0v) is 17.6. The van der Waals surface area contributed by atoms with Crippen molar-refractivity contribution in [2.24, 2.45) is 0 Å². The number of amides is 2. The minimum atomic E-state index is -0.698. The molecule has 1 atom stereocenters. The first-order valence-electron chi connectivity index (χ1n) is 10.3. The summed E-state index contributed by atoms with van der Waals surface area (Å²) in [6, 6.07) is 24.5. The molecule has 1 aliphatic rings. The molecular formula is C26H26N2O2. The molecule has 0 radical (unpaired) electrons. The van der Waals surface area contributed by atoms with Crippen LogP contribution in [0.1, 0.15) is 42.5 Å². The average molecular weight is 399 g/mol. The summed E-state index contributed by atoms with van der Waals surface area (Å²) in [5.41, 5.74) is 4.61. The third-order valence-electron chi connectivity index (χ3n) is 5.62. The van der Waals surface area contributed by atoms with Gasteiger partial charge in [0.05, 0.1) is 0 Å². The van der Waals surface area contributed by atoms with E-state index in [-0.39, 0.29) is 18.4 Å². The van der Waals surface area contributed by atoms with Crippen LogP contribution in [0.2, 0.25) is 0 Å². The summed E-state index contributed by atoms with van der Waals surface area (Å²) in [5, 5.41) is 0. The Morgan fingerprint density at radius 3 is 2.03 bits per heavy atom. The molecule has 1 fully saturated rings. The first kappa shape index (κ1) is 19.9. The van der Waals surface area contributed by atoms with Crippen molar-refractivity contribution in [3.8, 4) is 0 Å². The second kappa shape index (κ2) is 8.15. The first-order chi connectivity index (χ1) is 14.5. The lowest BCUT2D eigenvalue weighted by Crippen LogP contribution is -2.56. The van der Waals surface area contributed by atoms with E-state index < -0.39 is 6.04 Å². The molecule has 4 nitrogen and oxygen atoms in total. The van der Waals surface area contributed by atoms with Gasteiger partial charge in [0.1, 0.15) is 12.6 Å². The maximum absolute atomic E-state index is 13.7. The normalized spacial score (nSPS) is 17.0. The van der Waals surface area contributed by atoms with Crippen LogP contribution in [-0.4, -0.2) is 18.4 Å². The van der Waals surface area contributed by atoms with Gasteiger partial charge < -0.3 is 4.90 Å². The molecule has 1 heterocycles. The summed E-state index contributed by atoms with van der Waals surface area (Å²) in [4.78, 5) is 30.2. The maximum Gasteiger partial charge on any atom is 0.255 e. The topological polar surface area (TPSA) is 40.6 Å². The van der Waals surface area contributed by atoms with Gasteiger partial charge in [-0.05, 0) is 48.2 Å². The molecule has 1 saturated heterocycles. The third-order valence-corrected chi connectivity index (χ3v) is 5.62. The number of carbonyl (C=O) groups excluding carboxylic acids is 2. The summed E-state index contributed by atoms with van der Waals surface area (Å²) < 4.78 is 0. The van der Waals surface area contributed by atoms with Crippen molar-refractivity contribution in [1.82, 2.24) is 0 Å². The lowest BCUT2D eigenvalue weighted by atomic mass is 9.95. The molecular weight excluding hydrogens is 372 g/mol. The van der Waals surface area contributed by atoms with Crippen LogP contribution in [0.15, 0.2) is 78.9 Å². The highest BCUT2D eigenvalue weighted by atomic mass is 16.2. The third kappa shape index (κ3) is 3.73. The van der Waals surface area contributed by atoms with E-state index in [9.17, 15) is 9.59 Å². The lowest BCUT2D eigenvalue weighted by Gasteiger charge is -2.40. The van der Waals surface area contributed by atoms with E-state index >= 15 is 0 Å². The van der Waals surface area contributed by atoms with Gasteiger partial charge in [0, 0.05) is 11.4 Å². The molecule has 4 rings (SSSR count). The van der Waals surface area contributed by atoms with Crippen LogP contribution >= 0.6 is 0 Å². The number of benzene rings is 3. The Morgan fingerprint density at radius 1 is 0.800 bits per heavy atom. The predicted molar refractivity (Wildman–Crippen MR) is 121 cm³/mol. The Morgan fingerprint density at radius 2 is 1.43 bits per heavy atom. The van der Waals surface area contributed by atoms with Gasteiger partial charge in [-0.25, -0.2) is 0 Å². The molecule has 0 aliphatic carbocycles. The fourth-order valence-corrected chi connectivity index (χ4v) is 3.87. The van der Waals surface area contributed by atoms with E-state index in [0.717, 1.165) is 22.5 Å². The molecule has 30 heavy (non-hydrogen) atoms. The van der Waals surface area contributed by atoms with Crippen molar-refractivity contribution in [1.29, 1.82) is 0 Å². The Labute approximate surface area is 177 Å². The smallest absolute Gasteiger partial charge is 0.255 e. The number of carbonyl (C=O) groups is 2. The van der Waals surface area contributed by atoms with Gasteiger partial charge in [-0.15, -0.1) is 0 Å². The number of piperazine rings is 1. The maximum atomic E-state index is 13.7. The minimum absolute atomic E-state index is 0.0252. The lowest BCUT2D eigenvalue weighted by molar-refractivity contribution is -0.128. The SMILES string of the molecule is Cc1ccc(N2CC(=O)N(c3ccccc3)C(c3ccc(C(C)C)cc3)C2=O)cc1. The van der Waals surface area contributed by atoms with E-state index in [1.165, 1.54) is 5.56 Å². The van der Waals surface area contributed by atoms with Gasteiger partial charge in [-0.1, -0.05) is 74.0 Å². The molecule has 0 N–H and O–H groups in total. The predicted octanol–water partition coefficient (Wildman–Crippen LogP) is 5.24. The molecule has 1 aliphatic heterocycles. The van der Waals surface area contributed by atoms with Crippen LogP contribution in [0, 0.1) is 6.92 Å². The van der Waals surface area contributed by atoms with Crippen LogP contribution in [0.5, 0.6) is 0 Å². The standard InChI is InChI=1S/C26H26N2O2/c1-18(2)20-11-13-21(14-12-20)25-26(30)27(22-15-9-19(3)10-16-22)17-24(29)28(25)23-7-5-4-6-8-23/h4-16,18,25H,17H2,1-3H3. The van der Waals surface area contributed by atoms with Crippen molar-refractivity contribution in [3.63, 3.8) is 0 Å². The molecule has 4 heteroatoms. The molecule has 1 unspecified atom stereocenters. The highest BCUT2D eigenvalue weighted by Gasteiger charge is 2.41. The van der Waals surface area contributed by atoms with Crippen molar-refractivity contribution >= 4 is 23.2 Å². The second-order valence-electron chi connectivity index (χ2n) is 8.08. The minimum Gasteiger partial charge on any atom is -0.301 e. The number of rotatable bonds is 4. The van der Waals surface area contributed by atoms with Crippen LogP contribution in [-0.2, 0) is 9.59 Å². The van der Waals surface area contributed by atoms with E-state index in [1.807, 2.05) is 85.8 Å². The van der Waals surface area contributed by atoms with Gasteiger partial charge in [-0.2, -0.15) is 0 Å². The first-order valence-corrected chi connectivity index (χ1v) is 10.3. The molecule has 3 aromatic rings. The zero-order chi connectivity index (χ0) is 21.3. The van der Waals surface area contributed by atoms with Crippen LogP contribution < -0.4 is 9.80 Å². The van der Waals surface area contributed by atoms with E-state index in [4.69, 9.17) is 0 Å². The van der Waals surface area contributed by atoms with Crippen molar-refractivity contribution in [3.05, 3.63) is 95.6 Å². The number of anilines is 2. The van der Waals surface area contributed by atoms with Gasteiger partial charge in [0.2, 0.25) is 5.91 Å².